The van der Waals surface area contributed by atoms with Crippen LogP contribution in [0.2, 0.25) is 5.02 Å². The van der Waals surface area contributed by atoms with Crippen LogP contribution in [0, 0.1) is 11.6 Å². The first-order valence-electron chi connectivity index (χ1n) is 6.21. The monoisotopic (exact) mass is 373 g/mol. The number of benzene rings is 1. The van der Waals surface area contributed by atoms with Crippen LogP contribution in [0.25, 0.3) is 11.3 Å². The van der Waals surface area contributed by atoms with Gasteiger partial charge in [-0.15, -0.1) is 10.2 Å². The quantitative estimate of drug-likeness (QED) is 0.252. The third-order valence-corrected chi connectivity index (χ3v) is 3.15. The van der Waals surface area contributed by atoms with Crippen LogP contribution >= 0.6 is 11.6 Å². The second-order valence-corrected chi connectivity index (χ2v) is 4.85. The van der Waals surface area contributed by atoms with Crippen molar-refractivity contribution in [2.24, 2.45) is 23.2 Å². The number of primary amides is 2. The number of hydrogen-bond donors (Lipinski definition) is 4. The van der Waals surface area contributed by atoms with Crippen molar-refractivity contribution in [2.75, 3.05) is 10.0 Å². The SMILES string of the molecule is NC(=O)N(N)c1nnc(-c2cc(F)c(F)cc2Cl)c(N(N)C(N)=O)n1. The van der Waals surface area contributed by atoms with Crippen molar-refractivity contribution in [3.8, 4) is 11.3 Å². The van der Waals surface area contributed by atoms with E-state index in [9.17, 15) is 18.4 Å². The molecule has 0 aliphatic carbocycles. The van der Waals surface area contributed by atoms with Crippen LogP contribution in [0.3, 0.4) is 0 Å². The summed E-state index contributed by atoms with van der Waals surface area (Å²) in [6, 6.07) is -0.964. The second kappa shape index (κ2) is 6.76. The molecule has 1 aromatic carbocycles. The molecule has 0 saturated heterocycles. The summed E-state index contributed by atoms with van der Waals surface area (Å²) >= 11 is 5.86. The number of carbonyl (C=O) groups is 2. The van der Waals surface area contributed by atoms with Crippen molar-refractivity contribution < 1.29 is 18.4 Å². The number of halogens is 3. The number of hydrazine groups is 2. The minimum absolute atomic E-state index is 0.193. The maximum atomic E-state index is 13.5. The lowest BCUT2D eigenvalue weighted by Crippen LogP contribution is -2.45. The Morgan fingerprint density at radius 3 is 2.12 bits per heavy atom. The van der Waals surface area contributed by atoms with Gasteiger partial charge in [0.05, 0.1) is 5.02 Å². The van der Waals surface area contributed by atoms with Gasteiger partial charge in [-0.3, -0.25) is 0 Å². The van der Waals surface area contributed by atoms with Gasteiger partial charge in [-0.25, -0.2) is 35.1 Å². The lowest BCUT2D eigenvalue weighted by atomic mass is 10.1. The standard InChI is InChI=1S/C11H10ClF2N9O2/c12-4-2-6(14)5(13)1-3(4)7-8(22(17)9(15)24)19-11(21-20-7)23(18)10(16)25/h1-2H,17-18H2,(H2,15,24)(H2,16,25). The fourth-order valence-corrected chi connectivity index (χ4v) is 1.90. The first-order valence-corrected chi connectivity index (χ1v) is 6.59. The van der Waals surface area contributed by atoms with Crippen molar-refractivity contribution in [1.82, 2.24) is 15.2 Å². The van der Waals surface area contributed by atoms with Gasteiger partial charge in [0, 0.05) is 5.56 Å². The highest BCUT2D eigenvalue weighted by atomic mass is 35.5. The summed E-state index contributed by atoms with van der Waals surface area (Å²) < 4.78 is 26.7. The molecule has 0 unspecified atom stereocenters. The van der Waals surface area contributed by atoms with Crippen LogP contribution in [-0.2, 0) is 0 Å². The van der Waals surface area contributed by atoms with Crippen LogP contribution in [0.5, 0.6) is 0 Å². The Morgan fingerprint density at radius 2 is 1.56 bits per heavy atom. The van der Waals surface area contributed by atoms with Crippen molar-refractivity contribution in [3.63, 3.8) is 0 Å². The smallest absolute Gasteiger partial charge is 0.336 e. The Kier molecular flexibility index (Phi) is 4.92. The average molecular weight is 374 g/mol. The molecule has 0 spiro atoms. The molecule has 2 aromatic rings. The van der Waals surface area contributed by atoms with Crippen LogP contribution in [0.1, 0.15) is 0 Å². The predicted molar refractivity (Wildman–Crippen MR) is 82.7 cm³/mol. The molecule has 0 radical (unpaired) electrons. The Hall–Kier alpha value is -3.16. The Morgan fingerprint density at radius 1 is 1.00 bits per heavy atom. The van der Waals surface area contributed by atoms with Crippen molar-refractivity contribution in [1.29, 1.82) is 0 Å². The minimum Gasteiger partial charge on any atom is -0.350 e. The summed E-state index contributed by atoms with van der Waals surface area (Å²) in [6.45, 7) is 0. The highest BCUT2D eigenvalue weighted by Gasteiger charge is 2.24. The van der Waals surface area contributed by atoms with Gasteiger partial charge in [0.1, 0.15) is 5.69 Å². The van der Waals surface area contributed by atoms with Gasteiger partial charge in [-0.2, -0.15) is 9.99 Å². The molecule has 2 rings (SSSR count). The van der Waals surface area contributed by atoms with E-state index in [-0.39, 0.29) is 16.3 Å². The van der Waals surface area contributed by atoms with E-state index in [1.807, 2.05) is 0 Å². The fourth-order valence-electron chi connectivity index (χ4n) is 1.66. The number of hydrogen-bond acceptors (Lipinski definition) is 7. The molecule has 0 atom stereocenters. The summed E-state index contributed by atoms with van der Waals surface area (Å²) in [7, 11) is 0. The van der Waals surface area contributed by atoms with Gasteiger partial charge in [0.25, 0.3) is 5.95 Å². The van der Waals surface area contributed by atoms with Gasteiger partial charge in [-0.05, 0) is 12.1 Å². The zero-order valence-corrected chi connectivity index (χ0v) is 12.9. The highest BCUT2D eigenvalue weighted by Crippen LogP contribution is 2.33. The minimum atomic E-state index is -1.25. The number of nitrogens with zero attached hydrogens (tertiary/aromatic N) is 5. The van der Waals surface area contributed by atoms with E-state index in [1.165, 1.54) is 0 Å². The molecule has 11 nitrogen and oxygen atoms in total. The second-order valence-electron chi connectivity index (χ2n) is 4.45. The van der Waals surface area contributed by atoms with Gasteiger partial charge < -0.3 is 11.5 Å². The lowest BCUT2D eigenvalue weighted by Gasteiger charge is -2.18. The van der Waals surface area contributed by atoms with Gasteiger partial charge in [0.2, 0.25) is 0 Å². The fraction of sp³-hybridized carbons (Fsp3) is 0. The third-order valence-electron chi connectivity index (χ3n) is 2.84. The molecule has 14 heteroatoms. The maximum Gasteiger partial charge on any atom is 0.336 e. The summed E-state index contributed by atoms with van der Waals surface area (Å²) in [4.78, 5) is 26.1. The van der Waals surface area contributed by atoms with E-state index in [2.05, 4.69) is 15.2 Å². The molecular formula is C11H10ClF2N9O2. The number of aromatic nitrogens is 3. The number of urea groups is 2. The molecule has 0 saturated carbocycles. The summed E-state index contributed by atoms with van der Waals surface area (Å²) in [5, 5.41) is 7.49. The summed E-state index contributed by atoms with van der Waals surface area (Å²) in [6.07, 6.45) is 0. The van der Waals surface area contributed by atoms with E-state index in [0.717, 1.165) is 0 Å². The molecule has 132 valence electrons. The van der Waals surface area contributed by atoms with Crippen molar-refractivity contribution in [3.05, 3.63) is 28.8 Å². The number of amides is 4. The van der Waals surface area contributed by atoms with Gasteiger partial charge >= 0.3 is 12.1 Å². The molecular weight excluding hydrogens is 364 g/mol. The number of anilines is 2. The van der Waals surface area contributed by atoms with Gasteiger partial charge in [-0.1, -0.05) is 11.6 Å². The zero-order chi connectivity index (χ0) is 18.9. The van der Waals surface area contributed by atoms with Crippen molar-refractivity contribution in [2.45, 2.75) is 0 Å². The molecule has 8 N–H and O–H groups in total. The van der Waals surface area contributed by atoms with E-state index in [1.54, 1.807) is 0 Å². The molecule has 4 amide bonds. The molecule has 0 fully saturated rings. The molecule has 1 heterocycles. The van der Waals surface area contributed by atoms with Crippen LogP contribution in [0.15, 0.2) is 12.1 Å². The molecule has 0 aliphatic heterocycles. The topological polar surface area (TPSA) is 183 Å². The first kappa shape index (κ1) is 18.2. The lowest BCUT2D eigenvalue weighted by molar-refractivity contribution is 0.253. The maximum absolute atomic E-state index is 13.5. The van der Waals surface area contributed by atoms with Crippen LogP contribution in [0.4, 0.5) is 30.1 Å². The largest absolute Gasteiger partial charge is 0.350 e. The summed E-state index contributed by atoms with van der Waals surface area (Å²) in [5.41, 5.74) is 9.51. The van der Waals surface area contributed by atoms with Crippen molar-refractivity contribution >= 4 is 35.4 Å². The predicted octanol–water partition coefficient (Wildman–Crippen LogP) is -0.0122. The molecule has 25 heavy (non-hydrogen) atoms. The zero-order valence-electron chi connectivity index (χ0n) is 12.2. The van der Waals surface area contributed by atoms with Crippen LogP contribution in [-0.4, -0.2) is 27.2 Å². The third kappa shape index (κ3) is 3.52. The number of carbonyl (C=O) groups excluding carboxylic acids is 2. The van der Waals surface area contributed by atoms with E-state index < -0.39 is 35.5 Å². The Balaban J connectivity index is 2.71. The Labute approximate surface area is 143 Å². The molecule has 0 bridgehead atoms. The average Bonchev–Trinajstić information content (AvgIpc) is 2.56. The Bertz CT molecular complexity index is 866. The van der Waals surface area contributed by atoms with Crippen LogP contribution < -0.4 is 33.2 Å². The van der Waals surface area contributed by atoms with E-state index in [4.69, 9.17) is 34.8 Å². The first-order chi connectivity index (χ1) is 11.6. The number of nitrogens with two attached hydrogens (primary N) is 4. The number of rotatable bonds is 3. The molecule has 0 aliphatic rings. The summed E-state index contributed by atoms with van der Waals surface area (Å²) in [5.74, 6) is 7.32. The highest BCUT2D eigenvalue weighted by molar-refractivity contribution is 6.33. The molecule has 1 aromatic heterocycles. The normalized spacial score (nSPS) is 10.4. The van der Waals surface area contributed by atoms with E-state index >= 15 is 0 Å². The van der Waals surface area contributed by atoms with Gasteiger partial charge in [0.15, 0.2) is 17.5 Å². The van der Waals surface area contributed by atoms with E-state index in [0.29, 0.717) is 22.2 Å².